The molecule has 1 aliphatic heterocycles. The van der Waals surface area contributed by atoms with E-state index < -0.39 is 0 Å². The fourth-order valence-corrected chi connectivity index (χ4v) is 1.59. The molecule has 1 aromatic rings. The maximum Gasteiger partial charge on any atom is 0.213 e. The zero-order valence-corrected chi connectivity index (χ0v) is 7.66. The number of aromatic nitrogens is 2. The molecule has 0 aliphatic carbocycles. The molecular weight excluding hydrogens is 168 g/mol. The zero-order valence-electron chi connectivity index (χ0n) is 7.66. The molecule has 1 aliphatic rings. The molecule has 5 heteroatoms. The summed E-state index contributed by atoms with van der Waals surface area (Å²) in [6, 6.07) is 0.706. The van der Waals surface area contributed by atoms with Crippen molar-refractivity contribution in [1.82, 2.24) is 20.8 Å². The molecular formula is C8H14N4O. The summed E-state index contributed by atoms with van der Waals surface area (Å²) in [6.45, 7) is 4.17. The Labute approximate surface area is 76.9 Å². The van der Waals surface area contributed by atoms with Gasteiger partial charge in [-0.25, -0.2) is 0 Å². The Balaban J connectivity index is 1.87. The molecule has 0 amide bonds. The van der Waals surface area contributed by atoms with Crippen LogP contribution in [0.15, 0.2) is 10.9 Å². The summed E-state index contributed by atoms with van der Waals surface area (Å²) in [4.78, 5) is 4.00. The summed E-state index contributed by atoms with van der Waals surface area (Å²) < 4.78 is 4.68. The second-order valence-electron chi connectivity index (χ2n) is 3.37. The highest BCUT2D eigenvalue weighted by molar-refractivity contribution is 4.90. The summed E-state index contributed by atoms with van der Waals surface area (Å²) in [7, 11) is 0. The molecule has 72 valence electrons. The highest BCUT2D eigenvalue weighted by Gasteiger charge is 2.18. The Kier molecular flexibility index (Phi) is 2.56. The summed E-state index contributed by atoms with van der Waals surface area (Å²) in [5, 5.41) is 10.5. The van der Waals surface area contributed by atoms with Gasteiger partial charge in [0, 0.05) is 12.6 Å². The van der Waals surface area contributed by atoms with Gasteiger partial charge in [0.15, 0.2) is 5.82 Å². The average Bonchev–Trinajstić information content (AvgIpc) is 2.74. The molecule has 0 spiro atoms. The molecule has 1 saturated heterocycles. The van der Waals surface area contributed by atoms with Crippen LogP contribution in [0, 0.1) is 0 Å². The maximum atomic E-state index is 4.68. The molecule has 2 rings (SSSR count). The van der Waals surface area contributed by atoms with E-state index in [0.717, 1.165) is 18.9 Å². The third-order valence-electron chi connectivity index (χ3n) is 2.31. The fourth-order valence-electron chi connectivity index (χ4n) is 1.59. The van der Waals surface area contributed by atoms with Gasteiger partial charge in [-0.2, -0.15) is 4.98 Å². The minimum atomic E-state index is 0.170. The monoisotopic (exact) mass is 182 g/mol. The molecule has 2 atom stereocenters. The molecule has 0 bridgehead atoms. The Morgan fingerprint density at radius 1 is 1.77 bits per heavy atom. The predicted molar refractivity (Wildman–Crippen MR) is 47.1 cm³/mol. The first kappa shape index (κ1) is 8.65. The van der Waals surface area contributed by atoms with Crippen molar-refractivity contribution < 1.29 is 4.52 Å². The normalized spacial score (nSPS) is 24.8. The Hall–Kier alpha value is -0.940. The van der Waals surface area contributed by atoms with Crippen LogP contribution in [-0.4, -0.2) is 29.3 Å². The van der Waals surface area contributed by atoms with Crippen LogP contribution in [0.5, 0.6) is 0 Å². The highest BCUT2D eigenvalue weighted by Crippen LogP contribution is 2.09. The Morgan fingerprint density at radius 3 is 3.31 bits per heavy atom. The van der Waals surface area contributed by atoms with Crippen LogP contribution in [-0.2, 0) is 0 Å². The molecule has 0 radical (unpaired) electrons. The lowest BCUT2D eigenvalue weighted by Gasteiger charge is -2.15. The molecule has 5 nitrogen and oxygen atoms in total. The van der Waals surface area contributed by atoms with E-state index in [9.17, 15) is 0 Å². The van der Waals surface area contributed by atoms with E-state index in [2.05, 4.69) is 25.3 Å². The van der Waals surface area contributed by atoms with Crippen LogP contribution in [0.3, 0.4) is 0 Å². The van der Waals surface area contributed by atoms with Gasteiger partial charge in [0.1, 0.15) is 0 Å². The number of hydrogen-bond acceptors (Lipinski definition) is 5. The largest absolute Gasteiger partial charge is 0.343 e. The summed E-state index contributed by atoms with van der Waals surface area (Å²) in [5.74, 6) is 0.729. The van der Waals surface area contributed by atoms with Gasteiger partial charge in [-0.3, -0.25) is 0 Å². The molecule has 13 heavy (non-hydrogen) atoms. The molecule has 2 heterocycles. The SMILES string of the molecule is CC(NC1CCNC1)c1ncon1. The smallest absolute Gasteiger partial charge is 0.213 e. The third kappa shape index (κ3) is 2.05. The fraction of sp³-hybridized carbons (Fsp3) is 0.750. The quantitative estimate of drug-likeness (QED) is 0.693. The molecule has 2 unspecified atom stereocenters. The minimum Gasteiger partial charge on any atom is -0.343 e. The number of nitrogens with one attached hydrogen (secondary N) is 2. The van der Waals surface area contributed by atoms with E-state index >= 15 is 0 Å². The van der Waals surface area contributed by atoms with Gasteiger partial charge >= 0.3 is 0 Å². The summed E-state index contributed by atoms with van der Waals surface area (Å²) in [6.07, 6.45) is 2.53. The van der Waals surface area contributed by atoms with Crippen LogP contribution in [0.2, 0.25) is 0 Å². The van der Waals surface area contributed by atoms with Crippen molar-refractivity contribution in [2.75, 3.05) is 13.1 Å². The molecule has 0 aromatic carbocycles. The summed E-state index contributed by atoms with van der Waals surface area (Å²) in [5.41, 5.74) is 0. The lowest BCUT2D eigenvalue weighted by atomic mass is 10.2. The highest BCUT2D eigenvalue weighted by atomic mass is 16.5. The topological polar surface area (TPSA) is 63.0 Å². The van der Waals surface area contributed by atoms with Crippen molar-refractivity contribution in [2.24, 2.45) is 0 Å². The van der Waals surface area contributed by atoms with Crippen molar-refractivity contribution in [1.29, 1.82) is 0 Å². The van der Waals surface area contributed by atoms with E-state index in [-0.39, 0.29) is 6.04 Å². The number of rotatable bonds is 3. The van der Waals surface area contributed by atoms with Crippen molar-refractivity contribution in [3.05, 3.63) is 12.2 Å². The zero-order chi connectivity index (χ0) is 9.10. The molecule has 1 fully saturated rings. The van der Waals surface area contributed by atoms with Gasteiger partial charge in [-0.1, -0.05) is 5.16 Å². The third-order valence-corrected chi connectivity index (χ3v) is 2.31. The lowest BCUT2D eigenvalue weighted by molar-refractivity contribution is 0.390. The number of nitrogens with zero attached hydrogens (tertiary/aromatic N) is 2. The predicted octanol–water partition coefficient (Wildman–Crippen LogP) is 0.0821. The first-order chi connectivity index (χ1) is 6.36. The van der Waals surface area contributed by atoms with Gasteiger partial charge in [0.25, 0.3) is 0 Å². The molecule has 2 N–H and O–H groups in total. The summed E-state index contributed by atoms with van der Waals surface area (Å²) >= 11 is 0. The Bertz CT molecular complexity index is 243. The standard InChI is InChI=1S/C8H14N4O/c1-6(8-10-5-13-12-8)11-7-2-3-9-4-7/h5-7,9,11H,2-4H2,1H3. The van der Waals surface area contributed by atoms with Crippen LogP contribution >= 0.6 is 0 Å². The van der Waals surface area contributed by atoms with Crippen molar-refractivity contribution in [3.8, 4) is 0 Å². The first-order valence-corrected chi connectivity index (χ1v) is 4.59. The van der Waals surface area contributed by atoms with Crippen LogP contribution < -0.4 is 10.6 Å². The van der Waals surface area contributed by atoms with Crippen molar-refractivity contribution in [2.45, 2.75) is 25.4 Å². The van der Waals surface area contributed by atoms with Crippen LogP contribution in [0.1, 0.15) is 25.2 Å². The van der Waals surface area contributed by atoms with Gasteiger partial charge in [0.2, 0.25) is 6.39 Å². The van der Waals surface area contributed by atoms with E-state index in [0.29, 0.717) is 6.04 Å². The van der Waals surface area contributed by atoms with E-state index in [4.69, 9.17) is 0 Å². The maximum absolute atomic E-state index is 4.68. The minimum absolute atomic E-state index is 0.170. The first-order valence-electron chi connectivity index (χ1n) is 4.59. The van der Waals surface area contributed by atoms with E-state index in [1.54, 1.807) is 0 Å². The van der Waals surface area contributed by atoms with E-state index in [1.807, 2.05) is 6.92 Å². The second-order valence-corrected chi connectivity index (χ2v) is 3.37. The lowest BCUT2D eigenvalue weighted by Crippen LogP contribution is -2.33. The molecule has 1 aromatic heterocycles. The van der Waals surface area contributed by atoms with E-state index in [1.165, 1.54) is 12.8 Å². The molecule has 0 saturated carbocycles. The Morgan fingerprint density at radius 2 is 2.69 bits per heavy atom. The average molecular weight is 182 g/mol. The van der Waals surface area contributed by atoms with Crippen molar-refractivity contribution in [3.63, 3.8) is 0 Å². The van der Waals surface area contributed by atoms with Crippen molar-refractivity contribution >= 4 is 0 Å². The van der Waals surface area contributed by atoms with Gasteiger partial charge in [-0.15, -0.1) is 0 Å². The second kappa shape index (κ2) is 3.85. The van der Waals surface area contributed by atoms with Crippen LogP contribution in [0.4, 0.5) is 0 Å². The van der Waals surface area contributed by atoms with Gasteiger partial charge in [0.05, 0.1) is 6.04 Å². The van der Waals surface area contributed by atoms with Gasteiger partial charge < -0.3 is 15.2 Å². The number of hydrogen-bond donors (Lipinski definition) is 2. The van der Waals surface area contributed by atoms with Crippen LogP contribution in [0.25, 0.3) is 0 Å². The van der Waals surface area contributed by atoms with Gasteiger partial charge in [-0.05, 0) is 19.9 Å².